The molecule has 25 heavy (non-hydrogen) atoms. The molecule has 1 aliphatic heterocycles. The Kier molecular flexibility index (Phi) is 8.86. The number of likely N-dealkylation sites (tertiary alicyclic amines) is 1. The number of β-amino-alcohol motifs (C(OH)–C–C–N with tert-alkyl or cyclic N) is 1. The number of hydrogen-bond acceptors (Lipinski definition) is 4. The summed E-state index contributed by atoms with van der Waals surface area (Å²) in [5, 5.41) is 9.62. The van der Waals surface area contributed by atoms with Gasteiger partial charge in [0.1, 0.15) is 0 Å². The number of piperidine rings is 1. The highest BCUT2D eigenvalue weighted by molar-refractivity contribution is 5.94. The number of halogens is 1. The number of anilines is 1. The summed E-state index contributed by atoms with van der Waals surface area (Å²) in [6, 6.07) is 9.88. The van der Waals surface area contributed by atoms with Crippen molar-refractivity contribution >= 4 is 24.0 Å². The molecule has 1 atom stereocenters. The van der Waals surface area contributed by atoms with Gasteiger partial charge in [0.25, 0.3) is 0 Å². The number of para-hydroxylation sites is 1. The van der Waals surface area contributed by atoms with Gasteiger partial charge in [0.05, 0.1) is 18.2 Å². The van der Waals surface area contributed by atoms with Gasteiger partial charge in [-0.05, 0) is 31.9 Å². The Bertz CT molecular complexity index is 517. The summed E-state index contributed by atoms with van der Waals surface area (Å²) in [6.07, 6.45) is 1.82. The van der Waals surface area contributed by atoms with Crippen molar-refractivity contribution in [3.8, 4) is 0 Å². The zero-order chi connectivity index (χ0) is 17.6. The van der Waals surface area contributed by atoms with Crippen molar-refractivity contribution in [3.63, 3.8) is 0 Å². The van der Waals surface area contributed by atoms with Gasteiger partial charge >= 0.3 is 0 Å². The Morgan fingerprint density at radius 2 is 1.92 bits per heavy atom. The fraction of sp³-hybridized carbons (Fsp3) is 0.632. The zero-order valence-electron chi connectivity index (χ0n) is 15.5. The predicted octanol–water partition coefficient (Wildman–Crippen LogP) is 2.71. The second kappa shape index (κ2) is 10.1. The molecule has 5 nitrogen and oxygen atoms in total. The van der Waals surface area contributed by atoms with Crippen LogP contribution in [0.2, 0.25) is 0 Å². The van der Waals surface area contributed by atoms with Crippen LogP contribution >= 0.6 is 12.4 Å². The zero-order valence-corrected chi connectivity index (χ0v) is 16.3. The molecular formula is C19H31ClN2O3. The van der Waals surface area contributed by atoms with Crippen LogP contribution in [-0.4, -0.2) is 60.9 Å². The largest absolute Gasteiger partial charge is 0.392 e. The number of amides is 1. The molecule has 1 aromatic carbocycles. The molecule has 1 aromatic rings. The first kappa shape index (κ1) is 21.9. The third-order valence-corrected chi connectivity index (χ3v) is 4.76. The van der Waals surface area contributed by atoms with Crippen LogP contribution in [0, 0.1) is 0 Å². The second-order valence-electron chi connectivity index (χ2n) is 6.73. The Morgan fingerprint density at radius 1 is 1.32 bits per heavy atom. The van der Waals surface area contributed by atoms with Gasteiger partial charge < -0.3 is 19.6 Å². The van der Waals surface area contributed by atoms with E-state index in [9.17, 15) is 9.90 Å². The molecule has 1 unspecified atom stereocenters. The average Bonchev–Trinajstić information content (AvgIpc) is 2.58. The highest BCUT2D eigenvalue weighted by Crippen LogP contribution is 2.34. The van der Waals surface area contributed by atoms with Gasteiger partial charge in [0, 0.05) is 38.9 Å². The molecule has 1 heterocycles. The van der Waals surface area contributed by atoms with Gasteiger partial charge in [-0.25, -0.2) is 0 Å². The number of carbonyl (C=O) groups excluding carboxylic acids is 1. The Hall–Kier alpha value is -1.14. The lowest BCUT2D eigenvalue weighted by Crippen LogP contribution is -2.60. The summed E-state index contributed by atoms with van der Waals surface area (Å²) in [7, 11) is 1.70. The lowest BCUT2D eigenvalue weighted by Gasteiger charge is -2.48. The highest BCUT2D eigenvalue weighted by atomic mass is 35.5. The van der Waals surface area contributed by atoms with Crippen molar-refractivity contribution in [3.05, 3.63) is 30.3 Å². The van der Waals surface area contributed by atoms with Gasteiger partial charge in [-0.1, -0.05) is 25.1 Å². The first-order chi connectivity index (χ1) is 11.5. The standard InChI is InChI=1S/C19H30N2O3.ClH/c1-4-18(23)21(17-8-6-5-7-9-17)19(15-24-3)10-12-20(13-11-19)14-16(2)22;/h5-9,16,22H,4,10-15H2,1-3H3;1H. The van der Waals surface area contributed by atoms with Crippen LogP contribution in [0.15, 0.2) is 30.3 Å². The van der Waals surface area contributed by atoms with E-state index in [1.54, 1.807) is 7.11 Å². The summed E-state index contributed by atoms with van der Waals surface area (Å²) < 4.78 is 5.54. The van der Waals surface area contributed by atoms with Crippen molar-refractivity contribution in [1.29, 1.82) is 0 Å². The number of aliphatic hydroxyl groups is 1. The van der Waals surface area contributed by atoms with Crippen molar-refractivity contribution in [1.82, 2.24) is 4.90 Å². The smallest absolute Gasteiger partial charge is 0.227 e. The van der Waals surface area contributed by atoms with Gasteiger partial charge in [0.2, 0.25) is 5.91 Å². The molecule has 0 bridgehead atoms. The maximum Gasteiger partial charge on any atom is 0.227 e. The molecule has 2 rings (SSSR count). The van der Waals surface area contributed by atoms with Crippen molar-refractivity contribution in [2.75, 3.05) is 38.3 Å². The van der Waals surface area contributed by atoms with Gasteiger partial charge in [-0.15, -0.1) is 12.4 Å². The molecule has 0 aliphatic carbocycles. The van der Waals surface area contributed by atoms with Crippen molar-refractivity contribution in [2.24, 2.45) is 0 Å². The van der Waals surface area contributed by atoms with Crippen molar-refractivity contribution in [2.45, 2.75) is 44.8 Å². The SMILES string of the molecule is CCC(=O)N(c1ccccc1)C1(COC)CCN(CC(C)O)CC1.Cl. The van der Waals surface area contributed by atoms with E-state index in [-0.39, 0.29) is 30.0 Å². The monoisotopic (exact) mass is 370 g/mol. The van der Waals surface area contributed by atoms with Crippen LogP contribution in [0.1, 0.15) is 33.1 Å². The van der Waals surface area contributed by atoms with E-state index in [4.69, 9.17) is 4.74 Å². The molecule has 1 saturated heterocycles. The van der Waals surface area contributed by atoms with Crippen molar-refractivity contribution < 1.29 is 14.6 Å². The minimum atomic E-state index is -0.331. The quantitative estimate of drug-likeness (QED) is 0.801. The molecule has 0 radical (unpaired) electrons. The molecule has 1 N–H and O–H groups in total. The fourth-order valence-corrected chi connectivity index (χ4v) is 3.64. The summed E-state index contributed by atoms with van der Waals surface area (Å²) >= 11 is 0. The summed E-state index contributed by atoms with van der Waals surface area (Å²) in [5.74, 6) is 0.127. The number of carbonyl (C=O) groups is 1. The van der Waals surface area contributed by atoms with Crippen LogP contribution in [0.25, 0.3) is 0 Å². The molecule has 0 saturated carbocycles. The third-order valence-electron chi connectivity index (χ3n) is 4.76. The van der Waals surface area contributed by atoms with E-state index in [0.717, 1.165) is 31.6 Å². The summed E-state index contributed by atoms with van der Waals surface area (Å²) in [5.41, 5.74) is 0.614. The van der Waals surface area contributed by atoms with Gasteiger partial charge in [0.15, 0.2) is 0 Å². The molecular weight excluding hydrogens is 340 g/mol. The van der Waals surface area contributed by atoms with E-state index in [1.165, 1.54) is 0 Å². The number of rotatable bonds is 7. The lowest BCUT2D eigenvalue weighted by atomic mass is 9.85. The van der Waals surface area contributed by atoms with E-state index in [1.807, 2.05) is 49.1 Å². The van der Waals surface area contributed by atoms with Crippen LogP contribution in [0.4, 0.5) is 5.69 Å². The Morgan fingerprint density at radius 3 is 2.40 bits per heavy atom. The maximum atomic E-state index is 12.8. The molecule has 0 spiro atoms. The molecule has 142 valence electrons. The molecule has 1 amide bonds. The molecule has 0 aromatic heterocycles. The number of aliphatic hydroxyl groups excluding tert-OH is 1. The molecule has 6 heteroatoms. The minimum Gasteiger partial charge on any atom is -0.392 e. The van der Waals surface area contributed by atoms with Crippen LogP contribution in [0.3, 0.4) is 0 Å². The summed E-state index contributed by atoms with van der Waals surface area (Å²) in [6.45, 7) is 6.63. The van der Waals surface area contributed by atoms with Crippen LogP contribution in [0.5, 0.6) is 0 Å². The first-order valence-electron chi connectivity index (χ1n) is 8.80. The number of ether oxygens (including phenoxy) is 1. The predicted molar refractivity (Wildman–Crippen MR) is 103 cm³/mol. The highest BCUT2D eigenvalue weighted by Gasteiger charge is 2.42. The normalized spacial score (nSPS) is 18.2. The topological polar surface area (TPSA) is 53.0 Å². The Labute approximate surface area is 157 Å². The van der Waals surface area contributed by atoms with Crippen LogP contribution in [-0.2, 0) is 9.53 Å². The van der Waals surface area contributed by atoms with E-state index in [0.29, 0.717) is 19.6 Å². The fourth-order valence-electron chi connectivity index (χ4n) is 3.64. The molecule has 1 aliphatic rings. The Balaban J connectivity index is 0.00000312. The maximum absolute atomic E-state index is 12.8. The second-order valence-corrected chi connectivity index (χ2v) is 6.73. The van der Waals surface area contributed by atoms with E-state index < -0.39 is 0 Å². The minimum absolute atomic E-state index is 0. The van der Waals surface area contributed by atoms with Crippen LogP contribution < -0.4 is 4.90 Å². The van der Waals surface area contributed by atoms with E-state index in [2.05, 4.69) is 4.90 Å². The van der Waals surface area contributed by atoms with Gasteiger partial charge in [-0.2, -0.15) is 0 Å². The lowest BCUT2D eigenvalue weighted by molar-refractivity contribution is -0.120. The third kappa shape index (κ3) is 5.42. The number of benzene rings is 1. The van der Waals surface area contributed by atoms with E-state index >= 15 is 0 Å². The number of nitrogens with zero attached hydrogens (tertiary/aromatic N) is 2. The number of methoxy groups -OCH3 is 1. The summed E-state index contributed by atoms with van der Waals surface area (Å²) in [4.78, 5) is 17.0. The number of hydrogen-bond donors (Lipinski definition) is 1. The average molecular weight is 371 g/mol. The molecule has 1 fully saturated rings. The first-order valence-corrected chi connectivity index (χ1v) is 8.80. The van der Waals surface area contributed by atoms with Gasteiger partial charge in [-0.3, -0.25) is 4.79 Å².